The molecule has 1 N–H and O–H groups in total. The number of carbonyl (C=O) groups is 1. The predicted molar refractivity (Wildman–Crippen MR) is 87.1 cm³/mol. The summed E-state index contributed by atoms with van der Waals surface area (Å²) in [5, 5.41) is 8.11. The van der Waals surface area contributed by atoms with Crippen LogP contribution in [0, 0.1) is 0 Å². The normalized spacial score (nSPS) is 10.8. The minimum Gasteiger partial charge on any atom is -0.268 e. The Bertz CT molecular complexity index is 797. The Balaban J connectivity index is 1.64. The summed E-state index contributed by atoms with van der Waals surface area (Å²) in [6.07, 6.45) is 8.52. The van der Waals surface area contributed by atoms with Gasteiger partial charge in [0.1, 0.15) is 0 Å². The third kappa shape index (κ3) is 4.10. The van der Waals surface area contributed by atoms with Crippen molar-refractivity contribution >= 4 is 12.1 Å². The Labute approximate surface area is 133 Å². The molecule has 0 saturated heterocycles. The zero-order valence-electron chi connectivity index (χ0n) is 12.3. The first-order valence-corrected chi connectivity index (χ1v) is 7.11. The van der Waals surface area contributed by atoms with E-state index in [1.807, 2.05) is 30.5 Å². The Morgan fingerprint density at radius 3 is 2.83 bits per heavy atom. The SMILES string of the molecule is O=C(N/N=C/c1ccncc1)c1cccc(Cn2cccn2)c1. The van der Waals surface area contributed by atoms with Crippen LogP contribution in [0.5, 0.6) is 0 Å². The van der Waals surface area contributed by atoms with E-state index in [4.69, 9.17) is 0 Å². The summed E-state index contributed by atoms with van der Waals surface area (Å²) < 4.78 is 1.80. The number of nitrogens with one attached hydrogen (secondary N) is 1. The fourth-order valence-electron chi connectivity index (χ4n) is 2.07. The summed E-state index contributed by atoms with van der Waals surface area (Å²) in [5.74, 6) is -0.252. The molecule has 114 valence electrons. The molecule has 0 aliphatic heterocycles. The molecule has 0 bridgehead atoms. The highest BCUT2D eigenvalue weighted by atomic mass is 16.2. The van der Waals surface area contributed by atoms with E-state index in [1.165, 1.54) is 0 Å². The van der Waals surface area contributed by atoms with Crippen LogP contribution in [0.1, 0.15) is 21.5 Å². The van der Waals surface area contributed by atoms with Crippen molar-refractivity contribution in [2.45, 2.75) is 6.54 Å². The lowest BCUT2D eigenvalue weighted by Crippen LogP contribution is -2.18. The van der Waals surface area contributed by atoms with Crippen molar-refractivity contribution in [1.29, 1.82) is 0 Å². The Morgan fingerprint density at radius 2 is 2.04 bits per heavy atom. The second-order valence-electron chi connectivity index (χ2n) is 4.88. The molecular weight excluding hydrogens is 290 g/mol. The van der Waals surface area contributed by atoms with Crippen LogP contribution in [0.2, 0.25) is 0 Å². The average molecular weight is 305 g/mol. The standard InChI is InChI=1S/C17H15N5O/c23-17(21-19-12-14-5-8-18-9-6-14)16-4-1-3-15(11-16)13-22-10-2-7-20-22/h1-12H,13H2,(H,21,23)/b19-12+. The molecule has 1 amide bonds. The number of rotatable bonds is 5. The Morgan fingerprint density at radius 1 is 1.17 bits per heavy atom. The second kappa shape index (κ2) is 7.13. The van der Waals surface area contributed by atoms with Gasteiger partial charge >= 0.3 is 0 Å². The number of hydrazone groups is 1. The molecule has 2 heterocycles. The number of nitrogens with zero attached hydrogens (tertiary/aromatic N) is 4. The maximum Gasteiger partial charge on any atom is 0.271 e. The van der Waals surface area contributed by atoms with Gasteiger partial charge in [-0.2, -0.15) is 10.2 Å². The van der Waals surface area contributed by atoms with Gasteiger partial charge in [0, 0.05) is 30.4 Å². The van der Waals surface area contributed by atoms with E-state index >= 15 is 0 Å². The van der Waals surface area contributed by atoms with Crippen molar-refractivity contribution < 1.29 is 4.79 Å². The van der Waals surface area contributed by atoms with E-state index < -0.39 is 0 Å². The molecule has 6 nitrogen and oxygen atoms in total. The number of benzene rings is 1. The molecule has 1 aromatic carbocycles. The van der Waals surface area contributed by atoms with E-state index in [-0.39, 0.29) is 5.91 Å². The molecule has 0 radical (unpaired) electrons. The number of pyridine rings is 1. The molecule has 23 heavy (non-hydrogen) atoms. The maximum absolute atomic E-state index is 12.1. The number of hydrogen-bond acceptors (Lipinski definition) is 4. The van der Waals surface area contributed by atoms with Crippen molar-refractivity contribution in [3.8, 4) is 0 Å². The molecular formula is C17H15N5O. The minimum absolute atomic E-state index is 0.252. The van der Waals surface area contributed by atoms with E-state index in [0.717, 1.165) is 11.1 Å². The summed E-state index contributed by atoms with van der Waals surface area (Å²) in [6, 6.07) is 12.9. The van der Waals surface area contributed by atoms with Crippen molar-refractivity contribution in [3.63, 3.8) is 0 Å². The van der Waals surface area contributed by atoms with Crippen LogP contribution in [0.25, 0.3) is 0 Å². The molecule has 0 unspecified atom stereocenters. The highest BCUT2D eigenvalue weighted by Gasteiger charge is 2.05. The summed E-state index contributed by atoms with van der Waals surface area (Å²) in [4.78, 5) is 16.1. The third-order valence-corrected chi connectivity index (χ3v) is 3.18. The van der Waals surface area contributed by atoms with Crippen LogP contribution in [-0.4, -0.2) is 26.9 Å². The molecule has 6 heteroatoms. The van der Waals surface area contributed by atoms with Crippen molar-refractivity contribution in [2.75, 3.05) is 0 Å². The highest BCUT2D eigenvalue weighted by Crippen LogP contribution is 2.07. The van der Waals surface area contributed by atoms with E-state index in [2.05, 4.69) is 20.6 Å². The van der Waals surface area contributed by atoms with E-state index in [1.54, 1.807) is 47.7 Å². The zero-order valence-corrected chi connectivity index (χ0v) is 12.3. The lowest BCUT2D eigenvalue weighted by molar-refractivity contribution is 0.0955. The topological polar surface area (TPSA) is 72.2 Å². The summed E-state index contributed by atoms with van der Waals surface area (Å²) in [6.45, 7) is 0.619. The fourth-order valence-corrected chi connectivity index (χ4v) is 2.07. The Kier molecular flexibility index (Phi) is 4.54. The Hall–Kier alpha value is -3.28. The van der Waals surface area contributed by atoms with Crippen LogP contribution in [0.4, 0.5) is 0 Å². The van der Waals surface area contributed by atoms with Crippen molar-refractivity contribution in [2.24, 2.45) is 5.10 Å². The first-order valence-electron chi connectivity index (χ1n) is 7.11. The lowest BCUT2D eigenvalue weighted by atomic mass is 10.1. The number of carbonyl (C=O) groups excluding carboxylic acids is 1. The van der Waals surface area contributed by atoms with Gasteiger partial charge in [0.15, 0.2) is 0 Å². The molecule has 0 aliphatic carbocycles. The quantitative estimate of drug-likeness (QED) is 0.579. The zero-order chi connectivity index (χ0) is 15.9. The maximum atomic E-state index is 12.1. The van der Waals surface area contributed by atoms with Gasteiger partial charge in [0.25, 0.3) is 5.91 Å². The second-order valence-corrected chi connectivity index (χ2v) is 4.88. The van der Waals surface area contributed by atoms with Gasteiger partial charge in [-0.15, -0.1) is 0 Å². The van der Waals surface area contributed by atoms with Gasteiger partial charge in [0.2, 0.25) is 0 Å². The van der Waals surface area contributed by atoms with Gasteiger partial charge in [-0.25, -0.2) is 5.43 Å². The largest absolute Gasteiger partial charge is 0.271 e. The monoisotopic (exact) mass is 305 g/mol. The van der Waals surface area contributed by atoms with Crippen LogP contribution in [0.15, 0.2) is 72.4 Å². The molecule has 0 fully saturated rings. The van der Waals surface area contributed by atoms with E-state index in [9.17, 15) is 4.79 Å². The fraction of sp³-hybridized carbons (Fsp3) is 0.0588. The van der Waals surface area contributed by atoms with Gasteiger partial charge in [-0.1, -0.05) is 12.1 Å². The molecule has 0 saturated carbocycles. The predicted octanol–water partition coefficient (Wildman–Crippen LogP) is 2.09. The first kappa shape index (κ1) is 14.6. The van der Waals surface area contributed by atoms with Crippen LogP contribution in [0.3, 0.4) is 0 Å². The highest BCUT2D eigenvalue weighted by molar-refractivity contribution is 5.95. The molecule has 0 spiro atoms. The summed E-state index contributed by atoms with van der Waals surface area (Å²) in [5.41, 5.74) is 4.95. The smallest absolute Gasteiger partial charge is 0.268 e. The average Bonchev–Trinajstić information content (AvgIpc) is 3.09. The molecule has 0 atom stereocenters. The molecule has 3 aromatic rings. The summed E-state index contributed by atoms with van der Waals surface area (Å²) in [7, 11) is 0. The summed E-state index contributed by atoms with van der Waals surface area (Å²) >= 11 is 0. The van der Waals surface area contributed by atoms with Crippen LogP contribution in [-0.2, 0) is 6.54 Å². The number of hydrogen-bond donors (Lipinski definition) is 1. The van der Waals surface area contributed by atoms with Crippen molar-refractivity contribution in [1.82, 2.24) is 20.2 Å². The number of amides is 1. The molecule has 2 aromatic heterocycles. The van der Waals surface area contributed by atoms with Gasteiger partial charge in [-0.05, 0) is 41.5 Å². The number of aromatic nitrogens is 3. The van der Waals surface area contributed by atoms with Crippen LogP contribution < -0.4 is 5.43 Å². The molecule has 0 aliphatic rings. The van der Waals surface area contributed by atoms with Gasteiger partial charge in [0.05, 0.1) is 12.8 Å². The minimum atomic E-state index is -0.252. The van der Waals surface area contributed by atoms with Gasteiger partial charge in [-0.3, -0.25) is 14.5 Å². The van der Waals surface area contributed by atoms with E-state index in [0.29, 0.717) is 12.1 Å². The third-order valence-electron chi connectivity index (χ3n) is 3.18. The lowest BCUT2D eigenvalue weighted by Gasteiger charge is -2.05. The first-order chi connectivity index (χ1) is 11.3. The van der Waals surface area contributed by atoms with Crippen molar-refractivity contribution in [3.05, 3.63) is 83.9 Å². The molecule has 3 rings (SSSR count). The van der Waals surface area contributed by atoms with Gasteiger partial charge < -0.3 is 0 Å². The van der Waals surface area contributed by atoms with Crippen LogP contribution >= 0.6 is 0 Å².